The zero-order valence-corrected chi connectivity index (χ0v) is 33.6. The Morgan fingerprint density at radius 3 is 2.10 bits per heavy atom. The van der Waals surface area contributed by atoms with Crippen LogP contribution in [0.2, 0.25) is 0 Å². The Kier molecular flexibility index (Phi) is 14.8. The first-order valence-corrected chi connectivity index (χ1v) is 18.9. The number of thioether (sulfide) groups is 1. The van der Waals surface area contributed by atoms with Crippen molar-refractivity contribution in [1.29, 1.82) is 0 Å². The molecule has 1 aliphatic heterocycles. The zero-order valence-electron chi connectivity index (χ0n) is 31.9. The van der Waals surface area contributed by atoms with Crippen LogP contribution < -0.4 is 20.9 Å². The number of nitrogens with one attached hydrogen (secondary N) is 3. The number of ether oxygens (including phenoxy) is 1. The van der Waals surface area contributed by atoms with Crippen molar-refractivity contribution in [1.82, 2.24) is 16.0 Å². The number of carbonyl (C=O) groups is 3. The molecule has 0 fully saturated rings. The van der Waals surface area contributed by atoms with E-state index in [9.17, 15) is 14.4 Å². The maximum absolute atomic E-state index is 14.1. The summed E-state index contributed by atoms with van der Waals surface area (Å²) in [5, 5.41) is 10.8. The van der Waals surface area contributed by atoms with Crippen LogP contribution in [0.25, 0.3) is 0 Å². The van der Waals surface area contributed by atoms with Crippen molar-refractivity contribution in [3.8, 4) is 0 Å². The molecule has 2 aromatic rings. The summed E-state index contributed by atoms with van der Waals surface area (Å²) in [7, 11) is 1.73. The minimum absolute atomic E-state index is 0.0215. The van der Waals surface area contributed by atoms with Crippen LogP contribution in [0.5, 0.6) is 0 Å². The van der Waals surface area contributed by atoms with Gasteiger partial charge in [-0.05, 0) is 63.1 Å². The van der Waals surface area contributed by atoms with Gasteiger partial charge in [0.1, 0.15) is 28.8 Å². The van der Waals surface area contributed by atoms with Crippen LogP contribution in [-0.4, -0.2) is 69.2 Å². The van der Waals surface area contributed by atoms with Gasteiger partial charge in [0.15, 0.2) is 0 Å². The number of hydrogen-bond acceptors (Lipinski definition) is 8. The van der Waals surface area contributed by atoms with E-state index in [1.54, 1.807) is 25.8 Å². The lowest BCUT2D eigenvalue weighted by molar-refractivity contribution is -0.123. The smallest absolute Gasteiger partial charge is 0.408 e. The molecule has 0 spiro atoms. The minimum atomic E-state index is -1.04. The van der Waals surface area contributed by atoms with Crippen LogP contribution in [0.15, 0.2) is 70.6 Å². The molecule has 10 nitrogen and oxygen atoms in total. The average Bonchev–Trinajstić information content (AvgIpc) is 3.39. The van der Waals surface area contributed by atoms with Crippen molar-refractivity contribution in [3.63, 3.8) is 0 Å². The highest BCUT2D eigenvalue weighted by atomic mass is 32.2. The van der Waals surface area contributed by atoms with Crippen LogP contribution in [0.1, 0.15) is 81.2 Å². The monoisotopic (exact) mass is 736 g/mol. The number of aliphatic imine (C=N–C) groups is 2. The Labute approximate surface area is 314 Å². The summed E-state index contributed by atoms with van der Waals surface area (Å²) in [5.74, 6) is -0.546. The lowest BCUT2D eigenvalue weighted by Gasteiger charge is -2.35. The van der Waals surface area contributed by atoms with Gasteiger partial charge in [-0.25, -0.2) is 4.79 Å². The van der Waals surface area contributed by atoms with Gasteiger partial charge in [-0.1, -0.05) is 120 Å². The van der Waals surface area contributed by atoms with Crippen LogP contribution >= 0.6 is 24.0 Å². The van der Waals surface area contributed by atoms with Crippen LogP contribution in [-0.2, 0) is 20.9 Å². The Hall–Kier alpha value is -3.77. The quantitative estimate of drug-likeness (QED) is 0.166. The predicted molar refractivity (Wildman–Crippen MR) is 215 cm³/mol. The zero-order chi connectivity index (χ0) is 38.1. The summed E-state index contributed by atoms with van der Waals surface area (Å²) in [6.07, 6.45) is 0.196. The highest BCUT2D eigenvalue weighted by Gasteiger charge is 2.40. The molecular formula is C39H56N6O4S2. The molecule has 0 aromatic heterocycles. The van der Waals surface area contributed by atoms with Gasteiger partial charge in [-0.3, -0.25) is 19.6 Å². The number of alkyl carbamates (subject to hydrolysis) is 1. The topological polar surface area (TPSA) is 124 Å². The standard InChI is InChI=1S/C39H56N6O4S2/c1-12-26(6)31(32(46)40-29(24(2)3)33(50)43-39(9,10)36(47)45(11)28-21-17-14-18-22-28)41-35-38(7,8)44-34(51-35)30(25(4)5)42-37(48)49-23-27-19-15-13-16-20-27/h13-22,24-26,29-31H,12,23H2,1-11H3,(H,40,46)(H,42,48)(H,43,50)/t26-,29-,30-,31-/m0/s1. The first-order valence-electron chi connectivity index (χ1n) is 17.7. The molecule has 0 saturated heterocycles. The van der Waals surface area contributed by atoms with E-state index >= 15 is 0 Å². The summed E-state index contributed by atoms with van der Waals surface area (Å²) >= 11 is 7.25. The minimum Gasteiger partial charge on any atom is -0.445 e. The maximum atomic E-state index is 14.1. The van der Waals surface area contributed by atoms with Crippen LogP contribution in [0.3, 0.4) is 0 Å². The Morgan fingerprint density at radius 2 is 1.55 bits per heavy atom. The van der Waals surface area contributed by atoms with Gasteiger partial charge in [-0.15, -0.1) is 0 Å². The number of rotatable bonds is 15. The van der Waals surface area contributed by atoms with E-state index < -0.39 is 35.3 Å². The van der Waals surface area contributed by atoms with Gasteiger partial charge in [0.2, 0.25) is 5.91 Å². The third-order valence-corrected chi connectivity index (χ3v) is 10.6. The number of thiocarbonyl (C=S) groups is 1. The van der Waals surface area contributed by atoms with E-state index in [0.29, 0.717) is 15.1 Å². The Bertz CT molecular complexity index is 1580. The summed E-state index contributed by atoms with van der Waals surface area (Å²) < 4.78 is 5.51. The van der Waals surface area contributed by atoms with E-state index in [1.165, 1.54) is 11.8 Å². The van der Waals surface area contributed by atoms with Crippen molar-refractivity contribution < 1.29 is 19.1 Å². The van der Waals surface area contributed by atoms with Crippen LogP contribution in [0, 0.1) is 17.8 Å². The van der Waals surface area contributed by atoms with E-state index in [1.807, 2.05) is 116 Å². The molecule has 12 heteroatoms. The van der Waals surface area contributed by atoms with Crippen molar-refractivity contribution >= 4 is 62.7 Å². The number of amides is 3. The van der Waals surface area contributed by atoms with Gasteiger partial charge in [-0.2, -0.15) is 0 Å². The first kappa shape index (κ1) is 41.6. The molecule has 278 valence electrons. The molecular weight excluding hydrogens is 681 g/mol. The second kappa shape index (κ2) is 18.1. The summed E-state index contributed by atoms with van der Waals surface area (Å²) in [5.41, 5.74) is -0.0809. The molecule has 0 unspecified atom stereocenters. The fraction of sp³-hybridized carbons (Fsp3) is 0.538. The number of carbonyl (C=O) groups excluding carboxylic acids is 3. The number of para-hydroxylation sites is 1. The highest BCUT2D eigenvalue weighted by Crippen LogP contribution is 2.35. The third kappa shape index (κ3) is 11.4. The van der Waals surface area contributed by atoms with Crippen molar-refractivity contribution in [2.45, 2.75) is 111 Å². The lowest BCUT2D eigenvalue weighted by Crippen LogP contribution is -2.60. The number of likely N-dealkylation sites (N-methyl/N-ethyl adjacent to an activating group) is 1. The largest absolute Gasteiger partial charge is 0.445 e. The van der Waals surface area contributed by atoms with E-state index in [2.05, 4.69) is 16.0 Å². The third-order valence-electron chi connectivity index (χ3n) is 8.91. The predicted octanol–water partition coefficient (Wildman–Crippen LogP) is 7.17. The highest BCUT2D eigenvalue weighted by molar-refractivity contribution is 8.27. The molecule has 1 heterocycles. The van der Waals surface area contributed by atoms with Gasteiger partial charge in [0.25, 0.3) is 5.91 Å². The fourth-order valence-electron chi connectivity index (χ4n) is 5.49. The number of benzene rings is 2. The normalized spacial score (nSPS) is 17.3. The second-order valence-corrected chi connectivity index (χ2v) is 16.3. The summed E-state index contributed by atoms with van der Waals surface area (Å²) in [4.78, 5) is 52.5. The second-order valence-electron chi connectivity index (χ2n) is 14.8. The molecule has 0 saturated carbocycles. The lowest BCUT2D eigenvalue weighted by atomic mass is 9.96. The number of anilines is 1. The molecule has 0 bridgehead atoms. The van der Waals surface area contributed by atoms with Crippen molar-refractivity contribution in [2.24, 2.45) is 27.7 Å². The molecule has 0 radical (unpaired) electrons. The van der Waals surface area contributed by atoms with E-state index in [0.717, 1.165) is 17.7 Å². The van der Waals surface area contributed by atoms with Crippen molar-refractivity contribution in [2.75, 3.05) is 11.9 Å². The molecule has 3 rings (SSSR count). The van der Waals surface area contributed by atoms with Crippen molar-refractivity contribution in [3.05, 3.63) is 66.2 Å². The molecule has 3 amide bonds. The Morgan fingerprint density at radius 1 is 0.961 bits per heavy atom. The summed E-state index contributed by atoms with van der Waals surface area (Å²) in [6.45, 7) is 19.7. The first-order chi connectivity index (χ1) is 23.9. The summed E-state index contributed by atoms with van der Waals surface area (Å²) in [6, 6.07) is 17.3. The van der Waals surface area contributed by atoms with Gasteiger partial charge < -0.3 is 25.6 Å². The van der Waals surface area contributed by atoms with Crippen LogP contribution in [0.4, 0.5) is 10.5 Å². The van der Waals surface area contributed by atoms with E-state index in [-0.39, 0.29) is 36.2 Å². The fourth-order valence-corrected chi connectivity index (χ4v) is 7.47. The van der Waals surface area contributed by atoms with Gasteiger partial charge in [0, 0.05) is 12.7 Å². The van der Waals surface area contributed by atoms with E-state index in [4.69, 9.17) is 26.9 Å². The molecule has 0 aliphatic carbocycles. The molecule has 51 heavy (non-hydrogen) atoms. The SMILES string of the molecule is CC[C@H](C)[C@H](N=C1SC([C@@H](NC(=O)OCc2ccccc2)C(C)C)=NC1(C)C)C(=O)N[C@H](C(=S)NC(C)(C)C(=O)N(C)c1ccccc1)C(C)C. The Balaban J connectivity index is 1.77. The van der Waals surface area contributed by atoms with Gasteiger partial charge >= 0.3 is 6.09 Å². The number of nitrogens with zero attached hydrogens (tertiary/aromatic N) is 3. The molecule has 3 N–H and O–H groups in total. The number of hydrogen-bond donors (Lipinski definition) is 3. The average molecular weight is 737 g/mol. The molecule has 4 atom stereocenters. The molecule has 1 aliphatic rings. The molecule has 2 aromatic carbocycles. The maximum Gasteiger partial charge on any atom is 0.408 e. The van der Waals surface area contributed by atoms with Gasteiger partial charge in [0.05, 0.1) is 22.1 Å².